The summed E-state index contributed by atoms with van der Waals surface area (Å²) < 4.78 is 9.76. The number of para-hydroxylation sites is 8. The molecule has 2 spiro atoms. The van der Waals surface area contributed by atoms with Crippen molar-refractivity contribution in [2.75, 3.05) is 0 Å². The lowest BCUT2D eigenvalue weighted by Crippen LogP contribution is -2.37. The van der Waals surface area contributed by atoms with Crippen molar-refractivity contribution >= 4 is 111 Å². The van der Waals surface area contributed by atoms with Crippen molar-refractivity contribution in [3.8, 4) is 68.3 Å². The third kappa shape index (κ3) is 9.02. The minimum absolute atomic E-state index is 0.594. The van der Waals surface area contributed by atoms with E-state index in [4.69, 9.17) is 19.9 Å². The van der Waals surface area contributed by atoms with E-state index in [2.05, 4.69) is 400 Å². The zero-order valence-electron chi connectivity index (χ0n) is 62.3. The third-order valence-corrected chi connectivity index (χ3v) is 27.2. The van der Waals surface area contributed by atoms with Crippen LogP contribution in [0.2, 0.25) is 0 Å². The standard InChI is InChI=1S/2C53H32N4S/c1-3-16-33(17-4-1)43-32-44(34-18-5-2-6-19-34)55-52(54-43)57-46-27-12-8-21-36(46)38-30-31-42-51(50(38)57)58-48-29-14-10-24-40(48)53(42)39-23-9-13-28-47(39)56-45-26-11-7-20-35(45)37-22-15-25-41(53)49(37)56;1-3-16-33(17-4-1)43-32-48(55-52(54-43)34-18-5-2-6-19-34)57-45-27-12-8-21-36(45)38-30-31-42-51(50(38)57)58-47-29-14-10-24-40(47)53(42)39-23-9-13-28-46(39)56-44-26-11-7-20-35(44)37-22-15-25-41(53)49(37)56/h2*1-32H. The second-order valence-corrected chi connectivity index (χ2v) is 32.7. The Morgan fingerprint density at radius 3 is 1.01 bits per heavy atom. The van der Waals surface area contributed by atoms with Gasteiger partial charge in [-0.2, -0.15) is 0 Å². The zero-order chi connectivity index (χ0) is 75.9. The molecular formula is C106H64N8S2. The molecule has 0 fully saturated rings. The van der Waals surface area contributed by atoms with Crippen LogP contribution >= 0.6 is 23.5 Å². The molecule has 0 bridgehead atoms. The normalized spacial score (nSPS) is 15.2. The molecule has 2 unspecified atom stereocenters. The number of benzene rings is 16. The van der Waals surface area contributed by atoms with E-state index in [9.17, 15) is 0 Å². The molecule has 16 aromatic carbocycles. The molecule has 10 heteroatoms. The maximum Gasteiger partial charge on any atom is 0.235 e. The molecular weight excluding hydrogens is 1450 g/mol. The molecule has 10 heterocycles. The lowest BCUT2D eigenvalue weighted by molar-refractivity contribution is 0.691. The maximum absolute atomic E-state index is 5.43. The topological polar surface area (TPSA) is 71.3 Å². The summed E-state index contributed by atoms with van der Waals surface area (Å²) in [7, 11) is 0. The smallest absolute Gasteiger partial charge is 0.235 e. The largest absolute Gasteiger partial charge is 0.309 e. The van der Waals surface area contributed by atoms with E-state index in [0.29, 0.717) is 11.8 Å². The Hall–Kier alpha value is -14.4. The van der Waals surface area contributed by atoms with Gasteiger partial charge >= 0.3 is 0 Å². The number of rotatable bonds is 6. The number of fused-ring (bicyclic) bond motifs is 30. The zero-order valence-corrected chi connectivity index (χ0v) is 64.0. The second kappa shape index (κ2) is 25.0. The first-order valence-corrected chi connectivity index (χ1v) is 41.1. The summed E-state index contributed by atoms with van der Waals surface area (Å²) in [5.74, 6) is 2.19. The predicted molar refractivity (Wildman–Crippen MR) is 475 cm³/mol. The molecule has 4 aliphatic heterocycles. The highest BCUT2D eigenvalue weighted by Gasteiger charge is 2.52. The highest BCUT2D eigenvalue weighted by atomic mass is 32.2. The Morgan fingerprint density at radius 1 is 0.216 bits per heavy atom. The maximum atomic E-state index is 5.43. The van der Waals surface area contributed by atoms with Crippen molar-refractivity contribution in [2.24, 2.45) is 0 Å². The van der Waals surface area contributed by atoms with E-state index >= 15 is 0 Å². The molecule has 22 aromatic rings. The molecule has 116 heavy (non-hydrogen) atoms. The third-order valence-electron chi connectivity index (χ3n) is 24.8. The van der Waals surface area contributed by atoms with Gasteiger partial charge in [-0.15, -0.1) is 0 Å². The van der Waals surface area contributed by atoms with E-state index in [1.165, 1.54) is 141 Å². The Balaban J connectivity index is 0.000000130. The molecule has 26 rings (SSSR count). The van der Waals surface area contributed by atoms with Gasteiger partial charge in [0.1, 0.15) is 5.82 Å². The van der Waals surface area contributed by atoms with Crippen LogP contribution in [0.5, 0.6) is 0 Å². The van der Waals surface area contributed by atoms with Crippen LogP contribution in [0, 0.1) is 0 Å². The molecule has 0 radical (unpaired) electrons. The molecule has 0 amide bonds. The Labute approximate surface area is 675 Å². The van der Waals surface area contributed by atoms with Crippen LogP contribution in [0.1, 0.15) is 44.5 Å². The Bertz CT molecular complexity index is 7330. The van der Waals surface area contributed by atoms with Crippen molar-refractivity contribution in [2.45, 2.75) is 30.4 Å². The van der Waals surface area contributed by atoms with Gasteiger partial charge in [0.15, 0.2) is 5.82 Å². The van der Waals surface area contributed by atoms with E-state index in [1.807, 2.05) is 29.6 Å². The van der Waals surface area contributed by atoms with E-state index < -0.39 is 10.8 Å². The fraction of sp³-hybridized carbons (Fsp3) is 0.0189. The fourth-order valence-electron chi connectivity index (χ4n) is 20.2. The molecule has 0 N–H and O–H groups in total. The first kappa shape index (κ1) is 65.2. The summed E-state index contributed by atoms with van der Waals surface area (Å²) in [6.07, 6.45) is 0. The lowest BCUT2D eigenvalue weighted by atomic mass is 9.62. The SMILES string of the molecule is c1ccc(-c2cc(-c3ccccc3)nc(-n3c4ccccc4c4ccc5c(c43)Sc3ccccc3C53c4ccccc4-n4c5ccccc5c5cccc3c54)n2)cc1.c1ccc(-c2cc(-n3c4ccccc4c4ccc5c(c43)Sc3ccccc3C53c4ccccc4-n4c5ccccc5c5cccc3c54)nc(-c3ccccc3)n2)cc1. The molecule has 0 saturated carbocycles. The fourth-order valence-corrected chi connectivity index (χ4v) is 22.8. The summed E-state index contributed by atoms with van der Waals surface area (Å²) in [5.41, 5.74) is 27.8. The molecule has 8 nitrogen and oxygen atoms in total. The van der Waals surface area contributed by atoms with Crippen LogP contribution in [0.25, 0.3) is 156 Å². The first-order chi connectivity index (χ1) is 57.6. The van der Waals surface area contributed by atoms with Crippen LogP contribution in [-0.2, 0) is 10.8 Å². The monoisotopic (exact) mass is 1510 g/mol. The summed E-state index contributed by atoms with van der Waals surface area (Å²) >= 11 is 3.76. The summed E-state index contributed by atoms with van der Waals surface area (Å²) in [6.45, 7) is 0. The summed E-state index contributed by atoms with van der Waals surface area (Å²) in [5, 5.41) is 9.84. The van der Waals surface area contributed by atoms with Crippen molar-refractivity contribution in [3.63, 3.8) is 0 Å². The molecule has 540 valence electrons. The van der Waals surface area contributed by atoms with E-state index in [0.717, 1.165) is 67.2 Å². The molecule has 2 atom stereocenters. The first-order valence-electron chi connectivity index (χ1n) is 39.5. The molecule has 6 aromatic heterocycles. The summed E-state index contributed by atoms with van der Waals surface area (Å²) in [6, 6.07) is 141. The van der Waals surface area contributed by atoms with Crippen LogP contribution < -0.4 is 0 Å². The molecule has 0 aliphatic carbocycles. The van der Waals surface area contributed by atoms with Crippen LogP contribution in [-0.4, -0.2) is 38.2 Å². The Morgan fingerprint density at radius 2 is 0.552 bits per heavy atom. The lowest BCUT2D eigenvalue weighted by Gasteiger charge is -2.45. The molecule has 0 saturated heterocycles. The van der Waals surface area contributed by atoms with E-state index in [1.54, 1.807) is 0 Å². The highest BCUT2D eigenvalue weighted by molar-refractivity contribution is 8.00. The van der Waals surface area contributed by atoms with Crippen LogP contribution in [0.4, 0.5) is 0 Å². The van der Waals surface area contributed by atoms with Crippen molar-refractivity contribution in [1.29, 1.82) is 0 Å². The van der Waals surface area contributed by atoms with Gasteiger partial charge in [-0.3, -0.25) is 9.13 Å². The second-order valence-electron chi connectivity index (χ2n) is 30.6. The van der Waals surface area contributed by atoms with Gasteiger partial charge in [-0.1, -0.05) is 351 Å². The van der Waals surface area contributed by atoms with E-state index in [-0.39, 0.29) is 0 Å². The minimum atomic E-state index is -0.602. The number of hydrogen-bond acceptors (Lipinski definition) is 6. The number of aromatic nitrogens is 8. The van der Waals surface area contributed by atoms with Gasteiger partial charge in [0, 0.05) is 91.0 Å². The Kier molecular flexibility index (Phi) is 14.1. The molecule has 4 aliphatic rings. The van der Waals surface area contributed by atoms with Crippen LogP contribution in [0.3, 0.4) is 0 Å². The van der Waals surface area contributed by atoms with Gasteiger partial charge < -0.3 is 9.13 Å². The van der Waals surface area contributed by atoms with Crippen molar-refractivity contribution < 1.29 is 0 Å². The summed E-state index contributed by atoms with van der Waals surface area (Å²) in [4.78, 5) is 26.4. The highest BCUT2D eigenvalue weighted by Crippen LogP contribution is 2.65. The van der Waals surface area contributed by atoms with Gasteiger partial charge in [-0.05, 0) is 99.1 Å². The number of hydrogen-bond donors (Lipinski definition) is 0. The van der Waals surface area contributed by atoms with Crippen molar-refractivity contribution in [1.82, 2.24) is 38.2 Å². The number of nitrogens with zero attached hydrogens (tertiary/aromatic N) is 8. The predicted octanol–water partition coefficient (Wildman–Crippen LogP) is 26.3. The van der Waals surface area contributed by atoms with Gasteiger partial charge in [0.25, 0.3) is 0 Å². The quantitative estimate of drug-likeness (QED) is 0.165. The van der Waals surface area contributed by atoms with Crippen LogP contribution in [0.15, 0.2) is 408 Å². The average molecular weight is 1510 g/mol. The average Bonchev–Trinajstić information content (AvgIpc) is 1.33. The van der Waals surface area contributed by atoms with Gasteiger partial charge in [0.05, 0.1) is 83.4 Å². The van der Waals surface area contributed by atoms with Gasteiger partial charge in [0.2, 0.25) is 5.95 Å². The van der Waals surface area contributed by atoms with Gasteiger partial charge in [-0.25, -0.2) is 19.9 Å². The minimum Gasteiger partial charge on any atom is -0.309 e. The van der Waals surface area contributed by atoms with Crippen molar-refractivity contribution in [3.05, 3.63) is 433 Å².